The van der Waals surface area contributed by atoms with Crippen LogP contribution in [0.2, 0.25) is 0 Å². The van der Waals surface area contributed by atoms with Gasteiger partial charge in [0.25, 0.3) is 0 Å². The van der Waals surface area contributed by atoms with E-state index < -0.39 is 17.9 Å². The molecule has 0 fully saturated rings. The van der Waals surface area contributed by atoms with Crippen LogP contribution < -0.4 is 15.3 Å². The zero-order valence-corrected chi connectivity index (χ0v) is 9.18. The minimum Gasteiger partial charge on any atom is -0.550 e. The predicted octanol–water partition coefficient (Wildman–Crippen LogP) is -4.94. The average Bonchev–Trinajstić information content (AvgIpc) is 1.54. The fourth-order valence-electron chi connectivity index (χ4n) is 0. The molecule has 0 aromatic heterocycles. The molecular weight excluding hydrogens is 211 g/mol. The summed E-state index contributed by atoms with van der Waals surface area (Å²) < 4.78 is 0. The molecular formula is C6H11AlO7. The quantitative estimate of drug-likeness (QED) is 0.374. The van der Waals surface area contributed by atoms with Gasteiger partial charge in [0.15, 0.2) is 0 Å². The first-order valence-electron chi connectivity index (χ1n) is 2.72. The molecule has 0 rings (SSSR count). The summed E-state index contributed by atoms with van der Waals surface area (Å²) in [6, 6.07) is 0. The third kappa shape index (κ3) is 888. The van der Waals surface area contributed by atoms with Gasteiger partial charge < -0.3 is 35.2 Å². The summed E-state index contributed by atoms with van der Waals surface area (Å²) in [7, 11) is 0. The summed E-state index contributed by atoms with van der Waals surface area (Å²) >= 11 is 0. The van der Waals surface area contributed by atoms with Crippen LogP contribution >= 0.6 is 0 Å². The van der Waals surface area contributed by atoms with Crippen molar-refractivity contribution in [3.05, 3.63) is 0 Å². The van der Waals surface area contributed by atoms with Crippen LogP contribution in [0.15, 0.2) is 0 Å². The second-order valence-corrected chi connectivity index (χ2v) is 1.47. The van der Waals surface area contributed by atoms with Gasteiger partial charge in [-0.1, -0.05) is 0 Å². The Morgan fingerprint density at radius 1 is 0.714 bits per heavy atom. The molecule has 0 aliphatic carbocycles. The number of aliphatic carboxylic acids is 3. The second-order valence-electron chi connectivity index (χ2n) is 1.47. The Bertz CT molecular complexity index is 116. The Labute approximate surface area is 91.8 Å². The van der Waals surface area contributed by atoms with Gasteiger partial charge in [-0.3, -0.25) is 0 Å². The minimum atomic E-state index is -1.08. The maximum atomic E-state index is 8.89. The zero-order chi connectivity index (χ0) is 10.7. The van der Waals surface area contributed by atoms with E-state index in [1.807, 2.05) is 0 Å². The predicted molar refractivity (Wildman–Crippen MR) is 41.4 cm³/mol. The number of carbonyl (C=O) groups is 3. The Balaban J connectivity index is -0.0000000270. The first-order valence-corrected chi connectivity index (χ1v) is 2.72. The fraction of sp³-hybridized carbons (Fsp3) is 0.500. The van der Waals surface area contributed by atoms with Crippen molar-refractivity contribution in [3.8, 4) is 0 Å². The Morgan fingerprint density at radius 3 is 0.714 bits per heavy atom. The molecule has 0 aliphatic rings. The topological polar surface area (TPSA) is 152 Å². The molecule has 0 saturated heterocycles. The Morgan fingerprint density at radius 2 is 0.714 bits per heavy atom. The number of carbonyl (C=O) groups excluding carboxylic acids is 3. The van der Waals surface area contributed by atoms with Crippen LogP contribution in [0.4, 0.5) is 0 Å². The van der Waals surface area contributed by atoms with Crippen LogP contribution in [-0.4, -0.2) is 40.7 Å². The summed E-state index contributed by atoms with van der Waals surface area (Å²) in [5, 5.41) is 26.7. The summed E-state index contributed by atoms with van der Waals surface area (Å²) in [4.78, 5) is 26.7. The van der Waals surface area contributed by atoms with Crippen LogP contribution in [-0.2, 0) is 14.4 Å². The molecule has 0 unspecified atom stereocenters. The maximum absolute atomic E-state index is 8.89. The molecule has 0 saturated carbocycles. The molecule has 0 radical (unpaired) electrons. The molecule has 80 valence electrons. The van der Waals surface area contributed by atoms with Crippen molar-refractivity contribution in [2.45, 2.75) is 20.8 Å². The van der Waals surface area contributed by atoms with Crippen LogP contribution in [0.3, 0.4) is 0 Å². The van der Waals surface area contributed by atoms with E-state index in [1.54, 1.807) is 0 Å². The SMILES string of the molecule is CC(=O)[O-].CC(=O)[O-].CC(=O)[O-].O.[Al+3]. The van der Waals surface area contributed by atoms with Crippen molar-refractivity contribution in [3.63, 3.8) is 0 Å². The summed E-state index contributed by atoms with van der Waals surface area (Å²) in [5.74, 6) is -3.25. The number of hydrogen-bond acceptors (Lipinski definition) is 6. The molecule has 0 atom stereocenters. The largest absolute Gasteiger partial charge is 3.00 e. The van der Waals surface area contributed by atoms with E-state index in [9.17, 15) is 0 Å². The van der Waals surface area contributed by atoms with Gasteiger partial charge in [-0.2, -0.15) is 0 Å². The van der Waals surface area contributed by atoms with Crippen molar-refractivity contribution >= 4 is 35.3 Å². The van der Waals surface area contributed by atoms with Gasteiger partial charge in [0, 0.05) is 17.9 Å². The Kier molecular flexibility index (Phi) is 47.4. The van der Waals surface area contributed by atoms with E-state index in [1.165, 1.54) is 0 Å². The van der Waals surface area contributed by atoms with Gasteiger partial charge in [-0.05, 0) is 20.8 Å². The zero-order valence-electron chi connectivity index (χ0n) is 8.03. The monoisotopic (exact) mass is 222 g/mol. The van der Waals surface area contributed by atoms with Crippen LogP contribution in [0.1, 0.15) is 20.8 Å². The van der Waals surface area contributed by atoms with Crippen molar-refractivity contribution in [2.75, 3.05) is 0 Å². The molecule has 0 aliphatic heterocycles. The van der Waals surface area contributed by atoms with Gasteiger partial charge in [-0.25, -0.2) is 0 Å². The minimum absolute atomic E-state index is 0. The fourth-order valence-corrected chi connectivity index (χ4v) is 0. The smallest absolute Gasteiger partial charge is 0.550 e. The molecule has 2 N–H and O–H groups in total. The van der Waals surface area contributed by atoms with Crippen molar-refractivity contribution in [1.29, 1.82) is 0 Å². The van der Waals surface area contributed by atoms with Crippen LogP contribution in [0, 0.1) is 0 Å². The van der Waals surface area contributed by atoms with Gasteiger partial charge in [0.1, 0.15) is 0 Å². The van der Waals surface area contributed by atoms with Crippen molar-refractivity contribution in [1.82, 2.24) is 0 Å². The normalized spacial score (nSPS) is 5.36. The standard InChI is InChI=1S/3C2H4O2.Al.H2O/c3*1-2(3)4;;/h3*1H3,(H,3,4);;1H2/q;;;+3;/p-3. The van der Waals surface area contributed by atoms with Crippen LogP contribution in [0.25, 0.3) is 0 Å². The van der Waals surface area contributed by atoms with Crippen molar-refractivity contribution in [2.24, 2.45) is 0 Å². The molecule has 0 spiro atoms. The number of carboxylic acid groups (broad SMARTS) is 3. The first kappa shape index (κ1) is 29.3. The maximum Gasteiger partial charge on any atom is 3.00 e. The number of rotatable bonds is 0. The van der Waals surface area contributed by atoms with E-state index in [-0.39, 0.29) is 22.8 Å². The van der Waals surface area contributed by atoms with E-state index in [2.05, 4.69) is 0 Å². The first-order chi connectivity index (χ1) is 5.20. The molecule has 0 amide bonds. The van der Waals surface area contributed by atoms with E-state index in [4.69, 9.17) is 29.7 Å². The third-order valence-electron chi connectivity index (χ3n) is 0. The molecule has 8 heteroatoms. The number of hydrogen-bond donors (Lipinski definition) is 0. The summed E-state index contributed by atoms with van der Waals surface area (Å²) in [6.07, 6.45) is 0. The average molecular weight is 222 g/mol. The van der Waals surface area contributed by atoms with Crippen LogP contribution in [0.5, 0.6) is 0 Å². The summed E-state index contributed by atoms with van der Waals surface area (Å²) in [6.45, 7) is 2.92. The third-order valence-corrected chi connectivity index (χ3v) is 0. The molecule has 0 aromatic rings. The molecule has 7 nitrogen and oxygen atoms in total. The van der Waals surface area contributed by atoms with E-state index in [0.717, 1.165) is 20.8 Å². The molecule has 0 heterocycles. The van der Waals surface area contributed by atoms with Gasteiger partial charge in [-0.15, -0.1) is 0 Å². The van der Waals surface area contributed by atoms with E-state index in [0.29, 0.717) is 0 Å². The van der Waals surface area contributed by atoms with Gasteiger partial charge in [0.2, 0.25) is 0 Å². The summed E-state index contributed by atoms with van der Waals surface area (Å²) in [5.41, 5.74) is 0. The second kappa shape index (κ2) is 22.7. The van der Waals surface area contributed by atoms with Gasteiger partial charge >= 0.3 is 17.4 Å². The number of carboxylic acids is 3. The Hall–Kier alpha value is -1.10. The van der Waals surface area contributed by atoms with Gasteiger partial charge in [0.05, 0.1) is 0 Å². The van der Waals surface area contributed by atoms with Crippen molar-refractivity contribution < 1.29 is 35.2 Å². The molecule has 0 bridgehead atoms. The molecule has 0 aromatic carbocycles. The van der Waals surface area contributed by atoms with E-state index >= 15 is 0 Å². The molecule has 14 heavy (non-hydrogen) atoms.